The van der Waals surface area contributed by atoms with Crippen molar-refractivity contribution in [1.82, 2.24) is 9.97 Å². The first-order valence-electron chi connectivity index (χ1n) is 4.57. The Labute approximate surface area is 91.7 Å². The molecule has 2 rings (SSSR count). The average molecular weight is 220 g/mol. The number of ether oxygens (including phenoxy) is 2. The van der Waals surface area contributed by atoms with Crippen molar-refractivity contribution in [3.05, 3.63) is 42.5 Å². The summed E-state index contributed by atoms with van der Waals surface area (Å²) in [7, 11) is 1.50. The summed E-state index contributed by atoms with van der Waals surface area (Å²) in [5.74, 6) is 0.945. The fraction of sp³-hybridized carbons (Fsp3) is 0.0909. The average Bonchev–Trinajstić information content (AvgIpc) is 2.32. The van der Waals surface area contributed by atoms with Crippen LogP contribution in [0.2, 0.25) is 0 Å². The van der Waals surface area contributed by atoms with Crippen molar-refractivity contribution in [3.8, 4) is 17.5 Å². The largest absolute Gasteiger partial charge is 0.481 e. The fourth-order valence-electron chi connectivity index (χ4n) is 1.11. The van der Waals surface area contributed by atoms with Crippen LogP contribution in [0.5, 0.6) is 17.5 Å². The predicted octanol–water partition coefficient (Wildman–Crippen LogP) is 2.42. The lowest BCUT2D eigenvalue weighted by Gasteiger charge is -2.04. The molecule has 82 valence electrons. The van der Waals surface area contributed by atoms with Gasteiger partial charge in [0.25, 0.3) is 0 Å². The van der Waals surface area contributed by atoms with E-state index in [0.717, 1.165) is 0 Å². The number of rotatable bonds is 3. The number of nitrogens with zero attached hydrogens (tertiary/aromatic N) is 2. The highest BCUT2D eigenvalue weighted by Gasteiger charge is 2.01. The summed E-state index contributed by atoms with van der Waals surface area (Å²) < 4.78 is 22.9. The van der Waals surface area contributed by atoms with E-state index in [1.54, 1.807) is 6.07 Å². The second-order valence-corrected chi connectivity index (χ2v) is 2.95. The third-order valence-corrected chi connectivity index (χ3v) is 1.86. The first-order valence-corrected chi connectivity index (χ1v) is 4.57. The minimum Gasteiger partial charge on any atom is -0.481 e. The Balaban J connectivity index is 2.16. The van der Waals surface area contributed by atoms with Gasteiger partial charge in [-0.25, -0.2) is 14.4 Å². The fourth-order valence-corrected chi connectivity index (χ4v) is 1.11. The molecule has 0 radical (unpaired) electrons. The molecule has 16 heavy (non-hydrogen) atoms. The lowest BCUT2D eigenvalue weighted by atomic mass is 10.3. The lowest BCUT2D eigenvalue weighted by Crippen LogP contribution is -1.92. The molecule has 0 fully saturated rings. The van der Waals surface area contributed by atoms with Crippen LogP contribution in [0.25, 0.3) is 0 Å². The van der Waals surface area contributed by atoms with Crippen LogP contribution in [-0.4, -0.2) is 17.1 Å². The molecule has 5 heteroatoms. The van der Waals surface area contributed by atoms with Gasteiger partial charge >= 0.3 is 0 Å². The van der Waals surface area contributed by atoms with E-state index >= 15 is 0 Å². The maximum absolute atomic E-state index is 12.6. The molecule has 0 saturated carbocycles. The van der Waals surface area contributed by atoms with Gasteiger partial charge in [-0.05, 0) is 24.3 Å². The summed E-state index contributed by atoms with van der Waals surface area (Å²) in [4.78, 5) is 7.74. The topological polar surface area (TPSA) is 44.2 Å². The van der Waals surface area contributed by atoms with E-state index in [4.69, 9.17) is 9.47 Å². The molecular weight excluding hydrogens is 211 g/mol. The Morgan fingerprint density at radius 2 is 1.75 bits per heavy atom. The molecule has 0 aliphatic heterocycles. The van der Waals surface area contributed by atoms with Crippen molar-refractivity contribution in [2.45, 2.75) is 0 Å². The highest BCUT2D eigenvalue weighted by molar-refractivity contribution is 5.28. The van der Waals surface area contributed by atoms with Crippen molar-refractivity contribution >= 4 is 0 Å². The normalized spacial score (nSPS) is 9.88. The summed E-state index contributed by atoms with van der Waals surface area (Å²) in [5, 5.41) is 0. The monoisotopic (exact) mass is 220 g/mol. The number of methoxy groups -OCH3 is 1. The summed E-state index contributed by atoms with van der Waals surface area (Å²) in [6, 6.07) is 7.21. The van der Waals surface area contributed by atoms with E-state index in [2.05, 4.69) is 9.97 Å². The van der Waals surface area contributed by atoms with Crippen LogP contribution in [0, 0.1) is 5.82 Å². The molecular formula is C11H9FN2O2. The third kappa shape index (κ3) is 2.44. The van der Waals surface area contributed by atoms with E-state index in [1.165, 1.54) is 37.7 Å². The molecule has 0 aliphatic rings. The summed E-state index contributed by atoms with van der Waals surface area (Å²) in [5.41, 5.74) is 0. The van der Waals surface area contributed by atoms with Crippen molar-refractivity contribution < 1.29 is 13.9 Å². The van der Waals surface area contributed by atoms with Crippen molar-refractivity contribution in [3.63, 3.8) is 0 Å². The first kappa shape index (κ1) is 10.4. The second-order valence-electron chi connectivity index (χ2n) is 2.95. The molecule has 0 amide bonds. The molecule has 0 atom stereocenters. The molecule has 0 N–H and O–H groups in total. The number of hydrogen-bond donors (Lipinski definition) is 0. The van der Waals surface area contributed by atoms with Gasteiger partial charge in [0.05, 0.1) is 13.2 Å². The maximum atomic E-state index is 12.6. The highest BCUT2D eigenvalue weighted by Crippen LogP contribution is 2.21. The van der Waals surface area contributed by atoms with Gasteiger partial charge < -0.3 is 9.47 Å². The van der Waals surface area contributed by atoms with E-state index in [9.17, 15) is 4.39 Å². The number of halogens is 1. The Morgan fingerprint density at radius 1 is 1.06 bits per heavy atom. The van der Waals surface area contributed by atoms with Gasteiger partial charge in [0, 0.05) is 0 Å². The van der Waals surface area contributed by atoms with Gasteiger partial charge in [0.2, 0.25) is 11.8 Å². The van der Waals surface area contributed by atoms with Crippen LogP contribution in [0.15, 0.2) is 36.7 Å². The second kappa shape index (κ2) is 4.57. The van der Waals surface area contributed by atoms with Gasteiger partial charge in [-0.15, -0.1) is 0 Å². The van der Waals surface area contributed by atoms with Crippen LogP contribution < -0.4 is 9.47 Å². The molecule has 1 aromatic carbocycles. The molecule has 0 aliphatic carbocycles. The quantitative estimate of drug-likeness (QED) is 0.796. The zero-order valence-corrected chi connectivity index (χ0v) is 8.55. The standard InChI is InChI=1S/C11H9FN2O2/c1-15-10-6-11(14-7-13-10)16-9-4-2-8(12)3-5-9/h2-7H,1H3. The molecule has 4 nitrogen and oxygen atoms in total. The van der Waals surface area contributed by atoms with Crippen LogP contribution in [-0.2, 0) is 0 Å². The molecule has 0 saturated heterocycles. The number of aromatic nitrogens is 2. The third-order valence-electron chi connectivity index (χ3n) is 1.86. The minimum absolute atomic E-state index is 0.312. The molecule has 1 heterocycles. The summed E-state index contributed by atoms with van der Waals surface area (Å²) >= 11 is 0. The zero-order valence-electron chi connectivity index (χ0n) is 8.55. The molecule has 2 aromatic rings. The summed E-state index contributed by atoms with van der Waals surface area (Å²) in [6.07, 6.45) is 1.33. The SMILES string of the molecule is COc1cc(Oc2ccc(F)cc2)ncn1. The first-order chi connectivity index (χ1) is 7.78. The van der Waals surface area contributed by atoms with Crippen LogP contribution in [0.4, 0.5) is 4.39 Å². The van der Waals surface area contributed by atoms with Crippen molar-refractivity contribution in [2.24, 2.45) is 0 Å². The molecule has 0 bridgehead atoms. The van der Waals surface area contributed by atoms with Crippen LogP contribution in [0.3, 0.4) is 0 Å². The minimum atomic E-state index is -0.312. The molecule has 0 spiro atoms. The zero-order chi connectivity index (χ0) is 11.4. The Bertz CT molecular complexity index is 474. The Kier molecular flexibility index (Phi) is 2.95. The van der Waals surface area contributed by atoms with Gasteiger partial charge in [0.15, 0.2) is 0 Å². The van der Waals surface area contributed by atoms with Gasteiger partial charge in [-0.1, -0.05) is 0 Å². The lowest BCUT2D eigenvalue weighted by molar-refractivity contribution is 0.387. The molecule has 1 aromatic heterocycles. The van der Waals surface area contributed by atoms with Crippen LogP contribution in [0.1, 0.15) is 0 Å². The van der Waals surface area contributed by atoms with Crippen LogP contribution >= 0.6 is 0 Å². The molecule has 0 unspecified atom stereocenters. The predicted molar refractivity (Wildman–Crippen MR) is 55.1 cm³/mol. The van der Waals surface area contributed by atoms with E-state index in [-0.39, 0.29) is 5.82 Å². The van der Waals surface area contributed by atoms with E-state index in [0.29, 0.717) is 17.5 Å². The highest BCUT2D eigenvalue weighted by atomic mass is 19.1. The Morgan fingerprint density at radius 3 is 2.44 bits per heavy atom. The maximum Gasteiger partial charge on any atom is 0.226 e. The van der Waals surface area contributed by atoms with Crippen molar-refractivity contribution in [2.75, 3.05) is 7.11 Å². The van der Waals surface area contributed by atoms with Crippen molar-refractivity contribution in [1.29, 1.82) is 0 Å². The van der Waals surface area contributed by atoms with E-state index < -0.39 is 0 Å². The van der Waals surface area contributed by atoms with Gasteiger partial charge in [-0.2, -0.15) is 0 Å². The summed E-state index contributed by atoms with van der Waals surface area (Å²) in [6.45, 7) is 0. The number of hydrogen-bond acceptors (Lipinski definition) is 4. The van der Waals surface area contributed by atoms with Gasteiger partial charge in [-0.3, -0.25) is 0 Å². The smallest absolute Gasteiger partial charge is 0.226 e. The van der Waals surface area contributed by atoms with Gasteiger partial charge in [0.1, 0.15) is 17.9 Å². The Hall–Kier alpha value is -2.17. The van der Waals surface area contributed by atoms with E-state index in [1.807, 2.05) is 0 Å². The number of benzene rings is 1.